The van der Waals surface area contributed by atoms with Crippen LogP contribution in [0.4, 0.5) is 14.5 Å². The molecule has 1 saturated heterocycles. The van der Waals surface area contributed by atoms with Gasteiger partial charge in [-0.15, -0.1) is 11.3 Å². The van der Waals surface area contributed by atoms with Gasteiger partial charge in [-0.05, 0) is 54.8 Å². The number of rotatable bonds is 3. The minimum atomic E-state index is -0.566. The van der Waals surface area contributed by atoms with Crippen LogP contribution >= 0.6 is 11.3 Å². The van der Waals surface area contributed by atoms with E-state index >= 15 is 0 Å². The summed E-state index contributed by atoms with van der Waals surface area (Å²) in [6, 6.07) is 13.4. The third-order valence-corrected chi connectivity index (χ3v) is 6.07. The summed E-state index contributed by atoms with van der Waals surface area (Å²) in [6.45, 7) is 3.02. The summed E-state index contributed by atoms with van der Waals surface area (Å²) in [5.41, 5.74) is 2.68. The van der Waals surface area contributed by atoms with Gasteiger partial charge >= 0.3 is 0 Å². The average Bonchev–Trinajstić information content (AvgIpc) is 3.27. The number of hydrogen-bond donors (Lipinski definition) is 1. The molecule has 3 nitrogen and oxygen atoms in total. The SMILES string of the molecule is Cc1cc(-c2ccc(C#N)c(F)c2)c(-c2ccc(N3CC[C@@H](O)C3)c(F)c2)s1. The second kappa shape index (κ2) is 7.34. The molecule has 1 aliphatic heterocycles. The fourth-order valence-corrected chi connectivity index (χ4v) is 4.61. The highest BCUT2D eigenvalue weighted by atomic mass is 32.1. The van der Waals surface area contributed by atoms with Crippen molar-refractivity contribution >= 4 is 17.0 Å². The van der Waals surface area contributed by atoms with Crippen LogP contribution in [0.15, 0.2) is 42.5 Å². The van der Waals surface area contributed by atoms with Gasteiger partial charge in [-0.2, -0.15) is 5.26 Å². The second-order valence-electron chi connectivity index (χ2n) is 6.96. The van der Waals surface area contributed by atoms with Crippen molar-refractivity contribution in [3.05, 3.63) is 64.5 Å². The molecule has 1 aliphatic rings. The number of halogens is 2. The van der Waals surface area contributed by atoms with Gasteiger partial charge in [0.1, 0.15) is 17.7 Å². The Bertz CT molecular complexity index is 1090. The molecule has 1 aromatic heterocycles. The van der Waals surface area contributed by atoms with E-state index in [0.29, 0.717) is 30.8 Å². The van der Waals surface area contributed by atoms with Gasteiger partial charge in [-0.3, -0.25) is 0 Å². The van der Waals surface area contributed by atoms with Crippen LogP contribution in [-0.2, 0) is 0 Å². The first-order valence-corrected chi connectivity index (χ1v) is 9.81. The molecule has 3 aromatic rings. The number of β-amino-alcohol motifs (C(OH)–C–C–N with tert-alkyl or cyclic N) is 1. The standard InChI is InChI=1S/C22H18F2N2OS/c1-13-8-18(14-2-3-16(11-25)19(23)9-14)22(28-13)15-4-5-21(20(24)10-15)26-7-6-17(27)12-26/h2-5,8-10,17,27H,6-7,12H2,1H3/t17-/m1/s1. The third kappa shape index (κ3) is 3.39. The molecule has 6 heteroatoms. The molecule has 28 heavy (non-hydrogen) atoms. The molecule has 1 fully saturated rings. The third-order valence-electron chi connectivity index (χ3n) is 4.97. The second-order valence-corrected chi connectivity index (χ2v) is 8.22. The fourth-order valence-electron chi connectivity index (χ4n) is 3.58. The minimum absolute atomic E-state index is 0.000416. The van der Waals surface area contributed by atoms with E-state index in [1.807, 2.05) is 30.0 Å². The molecule has 0 unspecified atom stereocenters. The molecular weight excluding hydrogens is 378 g/mol. The van der Waals surface area contributed by atoms with Crippen LogP contribution in [0, 0.1) is 29.9 Å². The predicted octanol–water partition coefficient (Wildman–Crippen LogP) is 5.11. The van der Waals surface area contributed by atoms with Gasteiger partial charge in [0.2, 0.25) is 0 Å². The zero-order chi connectivity index (χ0) is 19.8. The molecule has 142 valence electrons. The maximum Gasteiger partial charge on any atom is 0.147 e. The number of hydrogen-bond acceptors (Lipinski definition) is 4. The highest BCUT2D eigenvalue weighted by molar-refractivity contribution is 7.16. The molecular formula is C22H18F2N2OS. The quantitative estimate of drug-likeness (QED) is 0.669. The fraction of sp³-hybridized carbons (Fsp3) is 0.227. The normalized spacial score (nSPS) is 16.4. The van der Waals surface area contributed by atoms with Gasteiger partial charge in [0.05, 0.1) is 17.4 Å². The number of aryl methyl sites for hydroxylation is 1. The molecule has 0 bridgehead atoms. The molecule has 4 rings (SSSR count). The number of aliphatic hydroxyl groups is 1. The van der Waals surface area contributed by atoms with E-state index in [0.717, 1.165) is 20.9 Å². The van der Waals surface area contributed by atoms with Gasteiger partial charge in [-0.1, -0.05) is 12.1 Å². The lowest BCUT2D eigenvalue weighted by atomic mass is 10.0. The van der Waals surface area contributed by atoms with E-state index in [4.69, 9.17) is 5.26 Å². The van der Waals surface area contributed by atoms with Crippen LogP contribution in [0.1, 0.15) is 16.9 Å². The zero-order valence-electron chi connectivity index (χ0n) is 15.2. The van der Waals surface area contributed by atoms with Crippen LogP contribution in [0.25, 0.3) is 21.6 Å². The maximum absolute atomic E-state index is 14.8. The molecule has 0 radical (unpaired) electrons. The summed E-state index contributed by atoms with van der Waals surface area (Å²) in [5.74, 6) is -0.904. The summed E-state index contributed by atoms with van der Waals surface area (Å²) in [7, 11) is 0. The maximum atomic E-state index is 14.8. The summed E-state index contributed by atoms with van der Waals surface area (Å²) < 4.78 is 28.9. The summed E-state index contributed by atoms with van der Waals surface area (Å²) in [6.07, 6.45) is 0.219. The first-order chi connectivity index (χ1) is 13.5. The Morgan fingerprint density at radius 2 is 1.86 bits per heavy atom. The number of benzene rings is 2. The Balaban J connectivity index is 1.74. The van der Waals surface area contributed by atoms with Crippen molar-refractivity contribution in [2.24, 2.45) is 0 Å². The van der Waals surface area contributed by atoms with Crippen LogP contribution in [0.5, 0.6) is 0 Å². The van der Waals surface area contributed by atoms with E-state index in [9.17, 15) is 13.9 Å². The van der Waals surface area contributed by atoms with E-state index in [-0.39, 0.29) is 11.4 Å². The van der Waals surface area contributed by atoms with E-state index in [1.165, 1.54) is 29.5 Å². The minimum Gasteiger partial charge on any atom is -0.391 e. The van der Waals surface area contributed by atoms with Crippen molar-refractivity contribution in [2.75, 3.05) is 18.0 Å². The van der Waals surface area contributed by atoms with E-state index < -0.39 is 11.9 Å². The smallest absolute Gasteiger partial charge is 0.147 e. The van der Waals surface area contributed by atoms with Crippen molar-refractivity contribution in [3.63, 3.8) is 0 Å². The van der Waals surface area contributed by atoms with E-state index in [2.05, 4.69) is 0 Å². The highest BCUT2D eigenvalue weighted by Gasteiger charge is 2.23. The van der Waals surface area contributed by atoms with Gasteiger partial charge < -0.3 is 10.0 Å². The molecule has 1 N–H and O–H groups in total. The predicted molar refractivity (Wildman–Crippen MR) is 107 cm³/mol. The first kappa shape index (κ1) is 18.6. The lowest BCUT2D eigenvalue weighted by Gasteiger charge is -2.19. The Morgan fingerprint density at radius 3 is 2.50 bits per heavy atom. The molecule has 0 aliphatic carbocycles. The van der Waals surface area contributed by atoms with Crippen LogP contribution in [0.3, 0.4) is 0 Å². The summed E-state index contributed by atoms with van der Waals surface area (Å²) in [5, 5.41) is 18.6. The zero-order valence-corrected chi connectivity index (χ0v) is 16.1. The van der Waals surface area contributed by atoms with Gasteiger partial charge in [0, 0.05) is 28.4 Å². The largest absolute Gasteiger partial charge is 0.391 e. The van der Waals surface area contributed by atoms with Gasteiger partial charge in [-0.25, -0.2) is 8.78 Å². The molecule has 1 atom stereocenters. The number of anilines is 1. The van der Waals surface area contributed by atoms with Crippen molar-refractivity contribution in [3.8, 4) is 27.6 Å². The Hall–Kier alpha value is -2.75. The van der Waals surface area contributed by atoms with Crippen LogP contribution in [0.2, 0.25) is 0 Å². The Morgan fingerprint density at radius 1 is 1.11 bits per heavy atom. The van der Waals surface area contributed by atoms with Crippen molar-refractivity contribution in [1.29, 1.82) is 5.26 Å². The van der Waals surface area contributed by atoms with Gasteiger partial charge in [0.15, 0.2) is 0 Å². The van der Waals surface area contributed by atoms with Crippen LogP contribution in [-0.4, -0.2) is 24.3 Å². The lowest BCUT2D eigenvalue weighted by molar-refractivity contribution is 0.198. The van der Waals surface area contributed by atoms with E-state index in [1.54, 1.807) is 12.1 Å². The van der Waals surface area contributed by atoms with Crippen LogP contribution < -0.4 is 4.90 Å². The summed E-state index contributed by atoms with van der Waals surface area (Å²) in [4.78, 5) is 3.73. The van der Waals surface area contributed by atoms with Crippen molar-refractivity contribution < 1.29 is 13.9 Å². The number of nitrogens with zero attached hydrogens (tertiary/aromatic N) is 2. The van der Waals surface area contributed by atoms with Gasteiger partial charge in [0.25, 0.3) is 0 Å². The van der Waals surface area contributed by atoms with Crippen molar-refractivity contribution in [2.45, 2.75) is 19.4 Å². The highest BCUT2D eigenvalue weighted by Crippen LogP contribution is 2.40. The molecule has 2 aromatic carbocycles. The molecule has 0 saturated carbocycles. The first-order valence-electron chi connectivity index (χ1n) is 8.99. The van der Waals surface area contributed by atoms with Crippen molar-refractivity contribution in [1.82, 2.24) is 0 Å². The summed E-state index contributed by atoms with van der Waals surface area (Å²) >= 11 is 1.52. The molecule has 0 spiro atoms. The Labute approximate surface area is 166 Å². The Kier molecular flexibility index (Phi) is 4.88. The average molecular weight is 396 g/mol. The number of nitriles is 1. The monoisotopic (exact) mass is 396 g/mol. The lowest BCUT2D eigenvalue weighted by Crippen LogP contribution is -2.22. The molecule has 2 heterocycles. The number of aliphatic hydroxyl groups excluding tert-OH is 1. The number of thiophene rings is 1. The topological polar surface area (TPSA) is 47.3 Å². The molecule has 0 amide bonds.